The van der Waals surface area contributed by atoms with Gasteiger partial charge < -0.3 is 5.32 Å². The van der Waals surface area contributed by atoms with Gasteiger partial charge in [0.25, 0.3) is 0 Å². The predicted molar refractivity (Wildman–Crippen MR) is 78.3 cm³/mol. The summed E-state index contributed by atoms with van der Waals surface area (Å²) in [7, 11) is 0. The fourth-order valence-corrected chi connectivity index (χ4v) is 3.05. The Morgan fingerprint density at radius 1 is 1.41 bits per heavy atom. The van der Waals surface area contributed by atoms with Gasteiger partial charge in [-0.25, -0.2) is 0 Å². The molecule has 4 heteroatoms. The van der Waals surface area contributed by atoms with E-state index in [2.05, 4.69) is 24.2 Å². The van der Waals surface area contributed by atoms with Gasteiger partial charge >= 0.3 is 0 Å². The molecule has 1 aromatic carbocycles. The molecule has 0 saturated heterocycles. The number of benzene rings is 1. The van der Waals surface area contributed by atoms with Crippen LogP contribution >= 0.6 is 23.4 Å². The standard InChI is InChI=1S/C13H17ClN2S/c1-8-5-4-6-11(14)12(8)16-13-15-10(3)9(2)7-17-13/h4-6,9-10H,7H2,1-3H3,(H,15,16). The van der Waals surface area contributed by atoms with Crippen LogP contribution in [-0.2, 0) is 0 Å². The van der Waals surface area contributed by atoms with Crippen LogP contribution in [0.3, 0.4) is 0 Å². The maximum absolute atomic E-state index is 6.19. The summed E-state index contributed by atoms with van der Waals surface area (Å²) in [4.78, 5) is 4.65. The van der Waals surface area contributed by atoms with Crippen molar-refractivity contribution in [1.82, 2.24) is 0 Å². The molecule has 0 bridgehead atoms. The van der Waals surface area contributed by atoms with Gasteiger partial charge in [-0.3, -0.25) is 4.99 Å². The smallest absolute Gasteiger partial charge is 0.161 e. The van der Waals surface area contributed by atoms with Crippen molar-refractivity contribution in [3.63, 3.8) is 0 Å². The summed E-state index contributed by atoms with van der Waals surface area (Å²) in [5.74, 6) is 1.74. The van der Waals surface area contributed by atoms with Crippen LogP contribution in [0.1, 0.15) is 19.4 Å². The van der Waals surface area contributed by atoms with Crippen LogP contribution in [0.15, 0.2) is 23.2 Å². The maximum atomic E-state index is 6.19. The van der Waals surface area contributed by atoms with Crippen molar-refractivity contribution >= 4 is 34.2 Å². The third-order valence-corrected chi connectivity index (χ3v) is 4.57. The highest BCUT2D eigenvalue weighted by molar-refractivity contribution is 8.14. The molecular formula is C13H17ClN2S. The second-order valence-electron chi connectivity index (χ2n) is 4.52. The zero-order valence-electron chi connectivity index (χ0n) is 10.3. The van der Waals surface area contributed by atoms with E-state index >= 15 is 0 Å². The number of thioether (sulfide) groups is 1. The molecule has 0 amide bonds. The molecule has 17 heavy (non-hydrogen) atoms. The molecule has 0 saturated carbocycles. The van der Waals surface area contributed by atoms with Crippen molar-refractivity contribution < 1.29 is 0 Å². The van der Waals surface area contributed by atoms with Gasteiger partial charge in [0.05, 0.1) is 16.8 Å². The first-order valence-corrected chi connectivity index (χ1v) is 7.17. The summed E-state index contributed by atoms with van der Waals surface area (Å²) in [5, 5.41) is 5.08. The van der Waals surface area contributed by atoms with Crippen LogP contribution in [0, 0.1) is 12.8 Å². The van der Waals surface area contributed by atoms with E-state index < -0.39 is 0 Å². The zero-order valence-corrected chi connectivity index (χ0v) is 11.9. The Hall–Kier alpha value is -0.670. The lowest BCUT2D eigenvalue weighted by atomic mass is 10.1. The average Bonchev–Trinajstić information content (AvgIpc) is 2.28. The lowest BCUT2D eigenvalue weighted by Crippen LogP contribution is -2.25. The number of halogens is 1. The van der Waals surface area contributed by atoms with E-state index in [9.17, 15) is 0 Å². The van der Waals surface area contributed by atoms with Gasteiger partial charge in [-0.1, -0.05) is 42.4 Å². The highest BCUT2D eigenvalue weighted by atomic mass is 35.5. The van der Waals surface area contributed by atoms with E-state index in [1.807, 2.05) is 25.1 Å². The Morgan fingerprint density at radius 2 is 2.18 bits per heavy atom. The van der Waals surface area contributed by atoms with E-state index in [1.165, 1.54) is 0 Å². The molecule has 0 aromatic heterocycles. The number of hydrogen-bond donors (Lipinski definition) is 1. The second-order valence-corrected chi connectivity index (χ2v) is 5.94. The first kappa shape index (κ1) is 12.8. The van der Waals surface area contributed by atoms with Gasteiger partial charge in [-0.2, -0.15) is 0 Å². The number of hydrogen-bond acceptors (Lipinski definition) is 3. The maximum Gasteiger partial charge on any atom is 0.161 e. The molecule has 0 aliphatic carbocycles. The Morgan fingerprint density at radius 3 is 2.82 bits per heavy atom. The number of nitrogens with zero attached hydrogens (tertiary/aromatic N) is 1. The van der Waals surface area contributed by atoms with Gasteiger partial charge in [0.15, 0.2) is 5.17 Å². The van der Waals surface area contributed by atoms with Crippen LogP contribution in [0.2, 0.25) is 5.02 Å². The van der Waals surface area contributed by atoms with E-state index in [1.54, 1.807) is 11.8 Å². The van der Waals surface area contributed by atoms with Crippen molar-refractivity contribution in [2.24, 2.45) is 10.9 Å². The molecular weight excluding hydrogens is 252 g/mol. The third-order valence-electron chi connectivity index (χ3n) is 3.08. The topological polar surface area (TPSA) is 24.4 Å². The molecule has 1 heterocycles. The van der Waals surface area contributed by atoms with Crippen molar-refractivity contribution in [3.8, 4) is 0 Å². The van der Waals surface area contributed by atoms with Crippen molar-refractivity contribution in [3.05, 3.63) is 28.8 Å². The van der Waals surface area contributed by atoms with Crippen LogP contribution < -0.4 is 5.32 Å². The molecule has 1 aliphatic heterocycles. The molecule has 2 atom stereocenters. The summed E-state index contributed by atoms with van der Waals surface area (Å²) in [6.07, 6.45) is 0. The molecule has 1 aromatic rings. The summed E-state index contributed by atoms with van der Waals surface area (Å²) in [5.41, 5.74) is 2.12. The molecule has 0 radical (unpaired) electrons. The van der Waals surface area contributed by atoms with E-state index in [0.717, 1.165) is 27.2 Å². The fourth-order valence-electron chi connectivity index (χ4n) is 1.66. The molecule has 0 fully saturated rings. The number of anilines is 1. The molecule has 2 nitrogen and oxygen atoms in total. The zero-order chi connectivity index (χ0) is 12.4. The lowest BCUT2D eigenvalue weighted by Gasteiger charge is -2.24. The summed E-state index contributed by atoms with van der Waals surface area (Å²) >= 11 is 7.95. The van der Waals surface area contributed by atoms with Gasteiger partial charge in [0.1, 0.15) is 0 Å². The molecule has 92 valence electrons. The second kappa shape index (κ2) is 5.32. The van der Waals surface area contributed by atoms with Crippen LogP contribution in [-0.4, -0.2) is 17.0 Å². The predicted octanol–water partition coefficient (Wildman–Crippen LogP) is 4.19. The largest absolute Gasteiger partial charge is 0.334 e. The highest BCUT2D eigenvalue weighted by Gasteiger charge is 2.19. The lowest BCUT2D eigenvalue weighted by molar-refractivity contribution is 0.537. The monoisotopic (exact) mass is 268 g/mol. The minimum Gasteiger partial charge on any atom is -0.334 e. The average molecular weight is 269 g/mol. The minimum atomic E-state index is 0.376. The van der Waals surface area contributed by atoms with Crippen LogP contribution in [0.5, 0.6) is 0 Å². The van der Waals surface area contributed by atoms with Crippen LogP contribution in [0.25, 0.3) is 0 Å². The first-order chi connectivity index (χ1) is 8.08. The van der Waals surface area contributed by atoms with Crippen LogP contribution in [0.4, 0.5) is 5.69 Å². The van der Waals surface area contributed by atoms with Crippen molar-refractivity contribution in [2.45, 2.75) is 26.8 Å². The molecule has 0 spiro atoms. The Bertz CT molecular complexity index is 425. The normalized spacial score (nSPS) is 24.4. The van der Waals surface area contributed by atoms with E-state index in [4.69, 9.17) is 11.6 Å². The van der Waals surface area contributed by atoms with E-state index in [0.29, 0.717) is 12.0 Å². The van der Waals surface area contributed by atoms with Gasteiger partial charge in [0.2, 0.25) is 0 Å². The van der Waals surface area contributed by atoms with Gasteiger partial charge in [-0.15, -0.1) is 0 Å². The Kier molecular flexibility index (Phi) is 4.00. The molecule has 1 aliphatic rings. The number of rotatable bonds is 1. The summed E-state index contributed by atoms with van der Waals surface area (Å²) in [6, 6.07) is 6.29. The quantitative estimate of drug-likeness (QED) is 0.826. The SMILES string of the molecule is Cc1cccc(Cl)c1NC1=NC(C)C(C)CS1. The minimum absolute atomic E-state index is 0.376. The van der Waals surface area contributed by atoms with Crippen molar-refractivity contribution in [2.75, 3.05) is 11.1 Å². The number of amidine groups is 1. The number of nitrogens with one attached hydrogen (secondary N) is 1. The molecule has 2 rings (SSSR count). The Labute approximate surface area is 112 Å². The third kappa shape index (κ3) is 2.96. The highest BCUT2D eigenvalue weighted by Crippen LogP contribution is 2.29. The summed E-state index contributed by atoms with van der Waals surface area (Å²) < 4.78 is 0. The number of aryl methyl sites for hydroxylation is 1. The molecule has 1 N–H and O–H groups in total. The van der Waals surface area contributed by atoms with Crippen molar-refractivity contribution in [1.29, 1.82) is 0 Å². The number of aliphatic imine (C=N–C) groups is 1. The van der Waals surface area contributed by atoms with Gasteiger partial charge in [0, 0.05) is 5.75 Å². The van der Waals surface area contributed by atoms with E-state index in [-0.39, 0.29) is 0 Å². The molecule has 2 unspecified atom stereocenters. The number of para-hydroxylation sites is 1. The first-order valence-electron chi connectivity index (χ1n) is 5.80. The van der Waals surface area contributed by atoms with Gasteiger partial charge in [-0.05, 0) is 31.4 Å². The fraction of sp³-hybridized carbons (Fsp3) is 0.462. The summed E-state index contributed by atoms with van der Waals surface area (Å²) in [6.45, 7) is 6.44. The Balaban J connectivity index is 2.19.